The van der Waals surface area contributed by atoms with Gasteiger partial charge in [-0.2, -0.15) is 0 Å². The molecule has 0 saturated heterocycles. The molecule has 6 heteroatoms. The fourth-order valence-corrected chi connectivity index (χ4v) is 3.05. The van der Waals surface area contributed by atoms with E-state index in [1.165, 1.54) is 11.6 Å². The fourth-order valence-electron chi connectivity index (χ4n) is 3.05. The Morgan fingerprint density at radius 3 is 2.70 bits per heavy atom. The van der Waals surface area contributed by atoms with E-state index in [2.05, 4.69) is 26.7 Å². The average molecular weight is 368 g/mol. The zero-order chi connectivity index (χ0) is 19.1. The quantitative estimate of drug-likeness (QED) is 0.443. The molecule has 2 aromatic carbocycles. The van der Waals surface area contributed by atoms with Gasteiger partial charge in [0.15, 0.2) is 5.96 Å². The molecule has 0 aliphatic carbocycles. The van der Waals surface area contributed by atoms with Gasteiger partial charge in [-0.3, -0.25) is 4.99 Å². The van der Waals surface area contributed by atoms with Crippen LogP contribution < -0.4 is 15.4 Å². The predicted molar refractivity (Wildman–Crippen MR) is 108 cm³/mol. The number of guanidine groups is 1. The minimum Gasteiger partial charge on any atom is -0.497 e. The first kappa shape index (κ1) is 18.8. The summed E-state index contributed by atoms with van der Waals surface area (Å²) in [5, 5.41) is 7.54. The summed E-state index contributed by atoms with van der Waals surface area (Å²) in [5.41, 5.74) is 3.24. The van der Waals surface area contributed by atoms with Crippen molar-refractivity contribution in [1.29, 1.82) is 0 Å². The van der Waals surface area contributed by atoms with E-state index in [4.69, 9.17) is 4.74 Å². The third-order valence-electron chi connectivity index (χ3n) is 4.48. The number of nitrogens with zero attached hydrogens (tertiary/aromatic N) is 1. The van der Waals surface area contributed by atoms with Crippen molar-refractivity contribution in [3.8, 4) is 5.75 Å². The summed E-state index contributed by atoms with van der Waals surface area (Å²) in [6.45, 7) is 1.48. The smallest absolute Gasteiger partial charge is 0.190 e. The summed E-state index contributed by atoms with van der Waals surface area (Å²) >= 11 is 0. The number of hydrogen-bond acceptors (Lipinski definition) is 2. The van der Waals surface area contributed by atoms with Crippen LogP contribution >= 0.6 is 0 Å². The van der Waals surface area contributed by atoms with Crippen LogP contribution in [-0.4, -0.2) is 38.2 Å². The summed E-state index contributed by atoms with van der Waals surface area (Å²) in [5.74, 6) is 1.40. The van der Waals surface area contributed by atoms with Gasteiger partial charge in [0, 0.05) is 37.2 Å². The molecule has 3 rings (SSSR count). The van der Waals surface area contributed by atoms with Crippen LogP contribution in [0.3, 0.4) is 0 Å². The molecule has 0 aliphatic rings. The van der Waals surface area contributed by atoms with E-state index in [-0.39, 0.29) is 5.82 Å². The maximum Gasteiger partial charge on any atom is 0.190 e. The lowest BCUT2D eigenvalue weighted by Crippen LogP contribution is -2.39. The minimum absolute atomic E-state index is 0.216. The van der Waals surface area contributed by atoms with Gasteiger partial charge >= 0.3 is 0 Å². The molecule has 0 aliphatic heterocycles. The van der Waals surface area contributed by atoms with Crippen molar-refractivity contribution in [2.45, 2.75) is 12.8 Å². The molecule has 1 heterocycles. The van der Waals surface area contributed by atoms with Crippen molar-refractivity contribution in [2.75, 3.05) is 27.2 Å². The lowest BCUT2D eigenvalue weighted by molar-refractivity contribution is 0.414. The molecule has 5 nitrogen and oxygen atoms in total. The van der Waals surface area contributed by atoms with Gasteiger partial charge in [-0.05, 0) is 54.3 Å². The van der Waals surface area contributed by atoms with E-state index in [0.29, 0.717) is 6.54 Å². The summed E-state index contributed by atoms with van der Waals surface area (Å²) < 4.78 is 18.7. The Balaban J connectivity index is 1.47. The van der Waals surface area contributed by atoms with Gasteiger partial charge in [0.25, 0.3) is 0 Å². The molecule has 0 saturated carbocycles. The van der Waals surface area contributed by atoms with E-state index < -0.39 is 0 Å². The number of rotatable bonds is 7. The normalized spacial score (nSPS) is 11.6. The van der Waals surface area contributed by atoms with Gasteiger partial charge in [-0.15, -0.1) is 0 Å². The average Bonchev–Trinajstić information content (AvgIpc) is 3.09. The van der Waals surface area contributed by atoms with Gasteiger partial charge in [0.2, 0.25) is 0 Å². The highest BCUT2D eigenvalue weighted by Crippen LogP contribution is 2.19. The third kappa shape index (κ3) is 5.00. The summed E-state index contributed by atoms with van der Waals surface area (Å²) in [6.07, 6.45) is 3.59. The summed E-state index contributed by atoms with van der Waals surface area (Å²) in [7, 11) is 3.42. The predicted octanol–water partition coefficient (Wildman–Crippen LogP) is 3.27. The Kier molecular flexibility index (Phi) is 6.30. The Labute approximate surface area is 158 Å². The van der Waals surface area contributed by atoms with E-state index >= 15 is 0 Å². The summed E-state index contributed by atoms with van der Waals surface area (Å²) in [6, 6.07) is 12.8. The first-order valence-electron chi connectivity index (χ1n) is 9.02. The first-order chi connectivity index (χ1) is 13.2. The van der Waals surface area contributed by atoms with Gasteiger partial charge in [0.05, 0.1) is 7.11 Å². The number of benzene rings is 2. The van der Waals surface area contributed by atoms with Crippen LogP contribution in [0.25, 0.3) is 10.9 Å². The molecule has 27 heavy (non-hydrogen) atoms. The Hall–Kier alpha value is -3.02. The second-order valence-corrected chi connectivity index (χ2v) is 6.28. The number of aromatic amines is 1. The Bertz CT molecular complexity index is 919. The zero-order valence-corrected chi connectivity index (χ0v) is 15.7. The topological polar surface area (TPSA) is 61.4 Å². The molecule has 0 atom stereocenters. The zero-order valence-electron chi connectivity index (χ0n) is 15.7. The van der Waals surface area contributed by atoms with Crippen molar-refractivity contribution >= 4 is 16.9 Å². The molecule has 0 bridgehead atoms. The largest absolute Gasteiger partial charge is 0.497 e. The maximum absolute atomic E-state index is 13.5. The molecule has 3 N–H and O–H groups in total. The number of aliphatic imine (C=N–C) groups is 1. The highest BCUT2D eigenvalue weighted by molar-refractivity contribution is 5.83. The van der Waals surface area contributed by atoms with Crippen LogP contribution in [0.5, 0.6) is 5.75 Å². The van der Waals surface area contributed by atoms with Gasteiger partial charge in [-0.25, -0.2) is 4.39 Å². The standard InChI is InChI=1S/C21H25FN4O/c1-23-21(24-10-8-15-4-3-5-18(12-15)27-2)25-11-9-16-14-26-20-7-6-17(22)13-19(16)20/h3-7,12-14,26H,8-11H2,1-2H3,(H2,23,24,25). The molecule has 142 valence electrons. The van der Waals surface area contributed by atoms with Crippen LogP contribution in [-0.2, 0) is 12.8 Å². The molecule has 0 radical (unpaired) electrons. The summed E-state index contributed by atoms with van der Waals surface area (Å²) in [4.78, 5) is 7.43. The highest BCUT2D eigenvalue weighted by atomic mass is 19.1. The second-order valence-electron chi connectivity index (χ2n) is 6.28. The number of halogens is 1. The number of methoxy groups -OCH3 is 1. The van der Waals surface area contributed by atoms with Gasteiger partial charge in [0.1, 0.15) is 11.6 Å². The Morgan fingerprint density at radius 2 is 1.93 bits per heavy atom. The van der Waals surface area contributed by atoms with Crippen molar-refractivity contribution < 1.29 is 9.13 Å². The molecule has 1 aromatic heterocycles. The molecule has 0 unspecified atom stereocenters. The SMILES string of the molecule is CN=C(NCCc1cccc(OC)c1)NCCc1c[nH]c2ccc(F)cc12. The Morgan fingerprint density at radius 1 is 1.11 bits per heavy atom. The number of nitrogens with one attached hydrogen (secondary N) is 3. The van der Waals surface area contributed by atoms with E-state index in [1.54, 1.807) is 26.3 Å². The first-order valence-corrected chi connectivity index (χ1v) is 9.02. The number of aromatic nitrogens is 1. The van der Waals surface area contributed by atoms with E-state index in [0.717, 1.165) is 47.6 Å². The van der Waals surface area contributed by atoms with Crippen molar-refractivity contribution in [1.82, 2.24) is 15.6 Å². The van der Waals surface area contributed by atoms with Gasteiger partial charge in [-0.1, -0.05) is 12.1 Å². The lowest BCUT2D eigenvalue weighted by Gasteiger charge is -2.12. The molecule has 3 aromatic rings. The van der Waals surface area contributed by atoms with Crippen molar-refractivity contribution in [2.24, 2.45) is 4.99 Å². The van der Waals surface area contributed by atoms with Crippen LogP contribution in [0.1, 0.15) is 11.1 Å². The number of hydrogen-bond donors (Lipinski definition) is 3. The van der Waals surface area contributed by atoms with Crippen LogP contribution in [0, 0.1) is 5.82 Å². The number of H-pyrrole nitrogens is 1. The molecule has 0 fully saturated rings. The maximum atomic E-state index is 13.5. The highest BCUT2D eigenvalue weighted by Gasteiger charge is 2.05. The van der Waals surface area contributed by atoms with Crippen LogP contribution in [0.4, 0.5) is 4.39 Å². The molecule has 0 amide bonds. The molecule has 0 spiro atoms. The third-order valence-corrected chi connectivity index (χ3v) is 4.48. The van der Waals surface area contributed by atoms with Crippen molar-refractivity contribution in [3.05, 3.63) is 65.6 Å². The molecular weight excluding hydrogens is 343 g/mol. The van der Waals surface area contributed by atoms with Crippen molar-refractivity contribution in [3.63, 3.8) is 0 Å². The second kappa shape index (κ2) is 9.07. The van der Waals surface area contributed by atoms with E-state index in [1.807, 2.05) is 24.4 Å². The lowest BCUT2D eigenvalue weighted by atomic mass is 10.1. The minimum atomic E-state index is -0.216. The number of fused-ring (bicyclic) bond motifs is 1. The molecular formula is C21H25FN4O. The monoisotopic (exact) mass is 368 g/mol. The van der Waals surface area contributed by atoms with Gasteiger partial charge < -0.3 is 20.4 Å². The van der Waals surface area contributed by atoms with Crippen LogP contribution in [0.15, 0.2) is 53.7 Å². The fraction of sp³-hybridized carbons (Fsp3) is 0.286. The number of ether oxygens (including phenoxy) is 1. The van der Waals surface area contributed by atoms with Crippen LogP contribution in [0.2, 0.25) is 0 Å². The van der Waals surface area contributed by atoms with E-state index in [9.17, 15) is 4.39 Å².